The Morgan fingerprint density at radius 1 is 0.889 bits per heavy atom. The number of halogens is 2. The van der Waals surface area contributed by atoms with Gasteiger partial charge in [0, 0.05) is 17.3 Å². The van der Waals surface area contributed by atoms with Gasteiger partial charge >= 0.3 is 5.97 Å². The van der Waals surface area contributed by atoms with Crippen LogP contribution in [0.2, 0.25) is 0 Å². The molecule has 45 heavy (non-hydrogen) atoms. The molecule has 0 saturated carbocycles. The lowest BCUT2D eigenvalue weighted by Crippen LogP contribution is -2.55. The standard InChI is InChI=1S/C34H30F2N2O7/c35-22-8-6-20(7-9-22)28(39)17-16-27-32(38(33(27)42)24-12-10-23(36)11-13-24)26-15-14-25(18-29(26)40)45-19-30(41)37-31(34(43)44)21-4-2-1-3-5-21/h1-15,18,27-28,31-32,39-40H,16-17,19H2,(H,37,41)(H,43,44)/t27?,28?,31-,32?/m1/s1. The summed E-state index contributed by atoms with van der Waals surface area (Å²) in [5.74, 6) is -3.86. The number of nitrogens with zero attached hydrogens (tertiary/aromatic N) is 1. The number of anilines is 1. The number of ether oxygens (including phenoxy) is 1. The predicted octanol–water partition coefficient (Wildman–Crippen LogP) is 5.21. The number of phenolic OH excluding ortho intramolecular Hbond substituents is 1. The topological polar surface area (TPSA) is 136 Å². The first kappa shape index (κ1) is 31.1. The van der Waals surface area contributed by atoms with Gasteiger partial charge in [-0.25, -0.2) is 13.6 Å². The fraction of sp³-hybridized carbons (Fsp3) is 0.206. The molecule has 1 fully saturated rings. The Balaban J connectivity index is 1.30. The molecule has 0 aliphatic carbocycles. The molecule has 1 heterocycles. The SMILES string of the molecule is O=C(COc1ccc(C2C(CCC(O)c3ccc(F)cc3)C(=O)N2c2ccc(F)cc2)c(O)c1)N[C@@H](C(=O)O)c1ccccc1. The van der Waals surface area contributed by atoms with Crippen molar-refractivity contribution in [1.29, 1.82) is 0 Å². The van der Waals surface area contributed by atoms with Gasteiger partial charge in [-0.2, -0.15) is 0 Å². The third kappa shape index (κ3) is 7.10. The van der Waals surface area contributed by atoms with Gasteiger partial charge in [0.1, 0.15) is 23.1 Å². The number of aromatic hydroxyl groups is 1. The van der Waals surface area contributed by atoms with Crippen LogP contribution in [0.25, 0.3) is 0 Å². The summed E-state index contributed by atoms with van der Waals surface area (Å²) in [5, 5.41) is 33.6. The number of rotatable bonds is 12. The van der Waals surface area contributed by atoms with Gasteiger partial charge in [-0.1, -0.05) is 42.5 Å². The Kier molecular flexibility index (Phi) is 9.39. The monoisotopic (exact) mass is 616 g/mol. The van der Waals surface area contributed by atoms with E-state index < -0.39 is 54.2 Å². The molecular weight excluding hydrogens is 586 g/mol. The first-order valence-electron chi connectivity index (χ1n) is 14.2. The van der Waals surface area contributed by atoms with Crippen molar-refractivity contribution in [2.24, 2.45) is 5.92 Å². The summed E-state index contributed by atoms with van der Waals surface area (Å²) < 4.78 is 32.5. The summed E-state index contributed by atoms with van der Waals surface area (Å²) in [4.78, 5) is 39.0. The lowest BCUT2D eigenvalue weighted by Gasteiger charge is -2.48. The third-order valence-electron chi connectivity index (χ3n) is 7.70. The van der Waals surface area contributed by atoms with Crippen molar-refractivity contribution in [2.45, 2.75) is 31.0 Å². The summed E-state index contributed by atoms with van der Waals surface area (Å²) >= 11 is 0. The normalized spacial score (nSPS) is 17.2. The Morgan fingerprint density at radius 3 is 2.16 bits per heavy atom. The summed E-state index contributed by atoms with van der Waals surface area (Å²) in [6, 6.07) is 21.4. The molecular formula is C34H30F2N2O7. The minimum absolute atomic E-state index is 0.125. The van der Waals surface area contributed by atoms with Crippen molar-refractivity contribution in [2.75, 3.05) is 11.5 Å². The minimum atomic E-state index is -1.27. The molecule has 0 radical (unpaired) electrons. The molecule has 0 aromatic heterocycles. The summed E-state index contributed by atoms with van der Waals surface area (Å²) in [6.07, 6.45) is -0.520. The van der Waals surface area contributed by atoms with Gasteiger partial charge < -0.3 is 30.3 Å². The van der Waals surface area contributed by atoms with Crippen LogP contribution in [0, 0.1) is 17.6 Å². The largest absolute Gasteiger partial charge is 0.507 e. The van der Waals surface area contributed by atoms with E-state index in [1.54, 1.807) is 36.4 Å². The van der Waals surface area contributed by atoms with Crippen LogP contribution in [-0.2, 0) is 14.4 Å². The molecule has 4 aromatic rings. The van der Waals surface area contributed by atoms with Crippen LogP contribution in [-0.4, -0.2) is 39.7 Å². The number of β-lactam (4-membered cyclic amide) rings is 1. The van der Waals surface area contributed by atoms with Gasteiger partial charge in [0.2, 0.25) is 5.91 Å². The van der Waals surface area contributed by atoms with Crippen molar-refractivity contribution in [1.82, 2.24) is 5.32 Å². The second-order valence-corrected chi connectivity index (χ2v) is 10.6. The number of aliphatic carboxylic acids is 1. The van der Waals surface area contributed by atoms with E-state index in [9.17, 15) is 38.5 Å². The van der Waals surface area contributed by atoms with Crippen molar-refractivity contribution in [3.63, 3.8) is 0 Å². The number of carboxylic acids is 1. The third-order valence-corrected chi connectivity index (χ3v) is 7.70. The van der Waals surface area contributed by atoms with Crippen LogP contribution in [0.5, 0.6) is 11.5 Å². The zero-order chi connectivity index (χ0) is 32.1. The summed E-state index contributed by atoms with van der Waals surface area (Å²) in [6.45, 7) is -0.525. The van der Waals surface area contributed by atoms with Crippen molar-refractivity contribution in [3.05, 3.63) is 125 Å². The highest BCUT2D eigenvalue weighted by molar-refractivity contribution is 6.03. The number of nitrogens with one attached hydrogen (secondary N) is 1. The highest BCUT2D eigenvalue weighted by Gasteiger charge is 2.49. The Hall–Kier alpha value is -5.29. The number of phenols is 1. The Labute approximate surface area is 257 Å². The van der Waals surface area contributed by atoms with Crippen molar-refractivity contribution < 1.29 is 43.2 Å². The zero-order valence-corrected chi connectivity index (χ0v) is 23.8. The van der Waals surface area contributed by atoms with Crippen LogP contribution in [0.15, 0.2) is 97.1 Å². The van der Waals surface area contributed by atoms with Gasteiger partial charge in [0.05, 0.1) is 18.1 Å². The smallest absolute Gasteiger partial charge is 0.330 e. The van der Waals surface area contributed by atoms with E-state index in [0.29, 0.717) is 22.4 Å². The van der Waals surface area contributed by atoms with Crippen LogP contribution in [0.3, 0.4) is 0 Å². The second kappa shape index (κ2) is 13.6. The molecule has 3 unspecified atom stereocenters. The van der Waals surface area contributed by atoms with Crippen molar-refractivity contribution >= 4 is 23.5 Å². The first-order chi connectivity index (χ1) is 21.6. The van der Waals surface area contributed by atoms with Crippen LogP contribution in [0.1, 0.15) is 47.7 Å². The molecule has 4 atom stereocenters. The van der Waals surface area contributed by atoms with Gasteiger partial charge in [-0.05, 0) is 72.5 Å². The molecule has 2 amide bonds. The molecule has 1 aliphatic rings. The van der Waals surface area contributed by atoms with Crippen molar-refractivity contribution in [3.8, 4) is 11.5 Å². The van der Waals surface area contributed by atoms with Crippen LogP contribution < -0.4 is 15.0 Å². The predicted molar refractivity (Wildman–Crippen MR) is 159 cm³/mol. The summed E-state index contributed by atoms with van der Waals surface area (Å²) in [5.41, 5.74) is 1.68. The van der Waals surface area contributed by atoms with E-state index in [1.807, 2.05) is 0 Å². The molecule has 4 aromatic carbocycles. The van der Waals surface area contributed by atoms with Crippen LogP contribution in [0.4, 0.5) is 14.5 Å². The molecule has 11 heteroatoms. The van der Waals surface area contributed by atoms with E-state index in [0.717, 1.165) is 0 Å². The maximum atomic E-state index is 13.6. The second-order valence-electron chi connectivity index (χ2n) is 10.6. The van der Waals surface area contributed by atoms with Gasteiger partial charge in [-0.3, -0.25) is 9.59 Å². The summed E-state index contributed by atoms with van der Waals surface area (Å²) in [7, 11) is 0. The quantitative estimate of drug-likeness (QED) is 0.161. The van der Waals surface area contributed by atoms with Crippen LogP contribution >= 0.6 is 0 Å². The molecule has 1 saturated heterocycles. The van der Waals surface area contributed by atoms with E-state index in [4.69, 9.17) is 4.74 Å². The molecule has 0 spiro atoms. The fourth-order valence-electron chi connectivity index (χ4n) is 5.41. The van der Waals surface area contributed by atoms with Gasteiger partial charge in [-0.15, -0.1) is 0 Å². The number of hydrogen-bond acceptors (Lipinski definition) is 6. The number of hydrogen-bond donors (Lipinski definition) is 4. The number of carboxylic acid groups (broad SMARTS) is 1. The Morgan fingerprint density at radius 2 is 1.53 bits per heavy atom. The highest BCUT2D eigenvalue weighted by atomic mass is 19.1. The average Bonchev–Trinajstić information content (AvgIpc) is 3.03. The minimum Gasteiger partial charge on any atom is -0.507 e. The number of aliphatic hydroxyl groups is 1. The number of benzene rings is 4. The number of amides is 2. The van der Waals surface area contributed by atoms with E-state index in [2.05, 4.69) is 5.32 Å². The molecule has 0 bridgehead atoms. The number of aliphatic hydroxyl groups excluding tert-OH is 1. The fourth-order valence-corrected chi connectivity index (χ4v) is 5.41. The molecule has 5 rings (SSSR count). The average molecular weight is 617 g/mol. The lowest BCUT2D eigenvalue weighted by atomic mass is 9.78. The lowest BCUT2D eigenvalue weighted by molar-refractivity contribution is -0.142. The van der Waals surface area contributed by atoms with Gasteiger partial charge in [0.25, 0.3) is 5.91 Å². The van der Waals surface area contributed by atoms with E-state index in [-0.39, 0.29) is 30.2 Å². The van der Waals surface area contributed by atoms with Gasteiger partial charge in [0.15, 0.2) is 12.6 Å². The zero-order valence-electron chi connectivity index (χ0n) is 23.8. The number of carbonyl (C=O) groups is 3. The molecule has 4 N–H and O–H groups in total. The molecule has 232 valence electrons. The molecule has 1 aliphatic heterocycles. The highest BCUT2D eigenvalue weighted by Crippen LogP contribution is 2.49. The maximum Gasteiger partial charge on any atom is 0.330 e. The number of carbonyl (C=O) groups excluding carboxylic acids is 2. The maximum absolute atomic E-state index is 13.6. The first-order valence-corrected chi connectivity index (χ1v) is 14.2. The van der Waals surface area contributed by atoms with E-state index in [1.165, 1.54) is 65.6 Å². The Bertz CT molecular complexity index is 1670. The van der Waals surface area contributed by atoms with E-state index >= 15 is 0 Å². The molecule has 9 nitrogen and oxygen atoms in total.